The second kappa shape index (κ2) is 6.86. The van der Waals surface area contributed by atoms with Gasteiger partial charge in [-0.05, 0) is 92.0 Å². The first-order valence-electron chi connectivity index (χ1n) is 6.68. The highest BCUT2D eigenvalue weighted by molar-refractivity contribution is 14.3. The molecule has 0 bridgehead atoms. The lowest BCUT2D eigenvalue weighted by Gasteiger charge is -2.27. The molecule has 0 aliphatic rings. The number of hydrogen-bond acceptors (Lipinski definition) is 4. The Hall–Kier alpha value is -0.370. The lowest BCUT2D eigenvalue weighted by atomic mass is 10.2. The number of hydrogen-bond donors (Lipinski definition) is 0. The fourth-order valence-electron chi connectivity index (χ4n) is 2.10. The van der Waals surface area contributed by atoms with Gasteiger partial charge in [0.2, 0.25) is 0 Å². The van der Waals surface area contributed by atoms with Crippen LogP contribution in [-0.4, -0.2) is 28.1 Å². The number of aromatic nitrogens is 3. The number of rotatable bonds is 4. The number of anilines is 1. The summed E-state index contributed by atoms with van der Waals surface area (Å²) in [6, 6.07) is 7.91. The number of methoxy groups -OCH3 is 1. The van der Waals surface area contributed by atoms with Crippen molar-refractivity contribution in [2.24, 2.45) is 0 Å². The molecule has 0 aliphatic carbocycles. The monoisotopic (exact) mass is 646 g/mol. The fourth-order valence-corrected chi connectivity index (χ4v) is 2.84. The van der Waals surface area contributed by atoms with Gasteiger partial charge in [0, 0.05) is 25.0 Å². The van der Waals surface area contributed by atoms with Crippen molar-refractivity contribution in [3.8, 4) is 17.0 Å². The molecule has 3 heterocycles. The van der Waals surface area contributed by atoms with Crippen LogP contribution in [-0.2, 0) is 0 Å². The lowest BCUT2D eigenvalue weighted by molar-refractivity contribution is 0.412. The maximum atomic E-state index is 5.24. The third-order valence-electron chi connectivity index (χ3n) is 3.43. The predicted octanol–water partition coefficient (Wildman–Crippen LogP) is 4.76. The molecule has 0 saturated heterocycles. The van der Waals surface area contributed by atoms with Gasteiger partial charge in [0.25, 0.3) is 0 Å². The van der Waals surface area contributed by atoms with Crippen LogP contribution >= 0.6 is 67.8 Å². The third kappa shape index (κ3) is 3.83. The van der Waals surface area contributed by atoms with E-state index >= 15 is 0 Å². The largest absolute Gasteiger partial charge is 0.495 e. The summed E-state index contributed by atoms with van der Waals surface area (Å²) in [6.07, 6.45) is 5.76. The summed E-state index contributed by atoms with van der Waals surface area (Å²) in [4.78, 5) is 11.3. The molecular formula is C15H13I3N4O. The molecule has 3 aromatic rings. The second-order valence-electron chi connectivity index (χ2n) is 4.89. The highest BCUT2D eigenvalue weighted by Gasteiger charge is 2.24. The highest BCUT2D eigenvalue weighted by atomic mass is 127. The van der Waals surface area contributed by atoms with E-state index in [0.717, 1.165) is 28.5 Å². The molecule has 0 radical (unpaired) electrons. The Morgan fingerprint density at radius 2 is 1.91 bits per heavy atom. The van der Waals surface area contributed by atoms with Gasteiger partial charge in [-0.2, -0.15) is 0 Å². The van der Waals surface area contributed by atoms with Crippen LogP contribution in [0.5, 0.6) is 5.75 Å². The zero-order valence-corrected chi connectivity index (χ0v) is 18.8. The number of pyridine rings is 2. The Morgan fingerprint density at radius 1 is 1.13 bits per heavy atom. The highest BCUT2D eigenvalue weighted by Crippen LogP contribution is 2.40. The maximum Gasteiger partial charge on any atom is 0.195 e. The van der Waals surface area contributed by atoms with E-state index in [1.807, 2.05) is 54.3 Å². The van der Waals surface area contributed by atoms with Gasteiger partial charge in [-0.15, -0.1) is 0 Å². The van der Waals surface area contributed by atoms with E-state index in [0.29, 0.717) is 0 Å². The number of imidazole rings is 1. The first kappa shape index (κ1) is 17.5. The smallest absolute Gasteiger partial charge is 0.195 e. The van der Waals surface area contributed by atoms with Crippen molar-refractivity contribution in [3.63, 3.8) is 0 Å². The normalized spacial score (nSPS) is 11.7. The molecule has 0 unspecified atom stereocenters. The molecule has 8 heteroatoms. The topological polar surface area (TPSA) is 42.7 Å². The summed E-state index contributed by atoms with van der Waals surface area (Å²) in [5, 5.41) is 0. The first-order valence-corrected chi connectivity index (χ1v) is 9.92. The van der Waals surface area contributed by atoms with Crippen molar-refractivity contribution in [1.29, 1.82) is 0 Å². The number of halogens is 3. The van der Waals surface area contributed by atoms with E-state index in [4.69, 9.17) is 4.74 Å². The maximum absolute atomic E-state index is 5.24. The molecule has 0 fully saturated rings. The third-order valence-corrected chi connectivity index (χ3v) is 5.60. The molecule has 0 aliphatic heterocycles. The molecule has 0 atom stereocenters. The predicted molar refractivity (Wildman–Crippen MR) is 118 cm³/mol. The molecule has 0 spiro atoms. The van der Waals surface area contributed by atoms with Gasteiger partial charge in [0.15, 0.2) is -0.441 Å². The van der Waals surface area contributed by atoms with Crippen LogP contribution in [0.1, 0.15) is 0 Å². The molecule has 0 amide bonds. The average molecular weight is 646 g/mol. The summed E-state index contributed by atoms with van der Waals surface area (Å²) in [5.74, 6) is 1.73. The Kier molecular flexibility index (Phi) is 5.21. The van der Waals surface area contributed by atoms with Crippen LogP contribution in [0.15, 0.2) is 42.9 Å². The van der Waals surface area contributed by atoms with Gasteiger partial charge in [0.05, 0.1) is 19.0 Å². The summed E-state index contributed by atoms with van der Waals surface area (Å²) < 4.78 is 7.15. The van der Waals surface area contributed by atoms with Crippen LogP contribution in [0.3, 0.4) is 0 Å². The Balaban J connectivity index is 1.93. The molecule has 23 heavy (non-hydrogen) atoms. The summed E-state index contributed by atoms with van der Waals surface area (Å²) in [7, 11) is 3.69. The minimum absolute atomic E-state index is 0.0541. The molecule has 120 valence electrons. The summed E-state index contributed by atoms with van der Waals surface area (Å²) in [6.45, 7) is 0. The minimum Gasteiger partial charge on any atom is -0.495 e. The van der Waals surface area contributed by atoms with E-state index < -0.39 is 0 Å². The summed E-state index contributed by atoms with van der Waals surface area (Å²) in [5.41, 5.74) is 2.77. The number of alkyl halides is 3. The lowest BCUT2D eigenvalue weighted by Crippen LogP contribution is -2.29. The zero-order chi connectivity index (χ0) is 16.6. The second-order valence-corrected chi connectivity index (χ2v) is 15.8. The molecule has 0 N–H and O–H groups in total. The van der Waals surface area contributed by atoms with Crippen LogP contribution in [0.25, 0.3) is 16.9 Å². The number of ether oxygens (including phenoxy) is 1. The molecule has 0 saturated carbocycles. The first-order chi connectivity index (χ1) is 10.9. The van der Waals surface area contributed by atoms with Gasteiger partial charge >= 0.3 is 0 Å². The van der Waals surface area contributed by atoms with Crippen LogP contribution in [0.4, 0.5) is 5.82 Å². The van der Waals surface area contributed by atoms with E-state index in [-0.39, 0.29) is -0.441 Å². The Morgan fingerprint density at radius 3 is 2.52 bits per heavy atom. The Labute approximate surface area is 175 Å². The van der Waals surface area contributed by atoms with Gasteiger partial charge in [-0.1, -0.05) is 0 Å². The van der Waals surface area contributed by atoms with Crippen LogP contribution < -0.4 is 9.64 Å². The molecule has 5 nitrogen and oxygen atoms in total. The van der Waals surface area contributed by atoms with Gasteiger partial charge < -0.3 is 14.0 Å². The van der Waals surface area contributed by atoms with Crippen LogP contribution in [0.2, 0.25) is 0 Å². The van der Waals surface area contributed by atoms with E-state index in [1.165, 1.54) is 0 Å². The van der Waals surface area contributed by atoms with E-state index in [1.54, 1.807) is 7.11 Å². The standard InChI is InChI=1S/C15H13I3N4O/c1-21(15(16,17)18)13-5-3-10(7-19-13)12-9-22-8-11(23-2)4-6-14(22)20-12/h3-9H,1-2H3. The van der Waals surface area contributed by atoms with Gasteiger partial charge in [-0.3, -0.25) is 0 Å². The van der Waals surface area contributed by atoms with E-state index in [2.05, 4.69) is 82.6 Å². The van der Waals surface area contributed by atoms with Crippen molar-refractivity contribution in [2.75, 3.05) is 19.1 Å². The average Bonchev–Trinajstić information content (AvgIpc) is 2.96. The van der Waals surface area contributed by atoms with Crippen molar-refractivity contribution in [3.05, 3.63) is 42.9 Å². The SMILES string of the molecule is COc1ccc2nc(-c3ccc(N(C)C(I)(I)I)nc3)cn2c1. The van der Waals surface area contributed by atoms with Crippen molar-refractivity contribution >= 4 is 79.2 Å². The van der Waals surface area contributed by atoms with Crippen molar-refractivity contribution < 1.29 is 4.74 Å². The van der Waals surface area contributed by atoms with E-state index in [9.17, 15) is 0 Å². The fraction of sp³-hybridized carbons (Fsp3) is 0.200. The molecular weight excluding hydrogens is 633 g/mol. The van der Waals surface area contributed by atoms with Gasteiger partial charge in [-0.25, -0.2) is 9.97 Å². The number of fused-ring (bicyclic) bond motifs is 1. The Bertz CT molecular complexity index is 827. The zero-order valence-electron chi connectivity index (χ0n) is 12.4. The molecule has 0 aromatic carbocycles. The quantitative estimate of drug-likeness (QED) is 0.233. The van der Waals surface area contributed by atoms with Crippen molar-refractivity contribution in [1.82, 2.24) is 14.4 Å². The van der Waals surface area contributed by atoms with Gasteiger partial charge in [0.1, 0.15) is 17.2 Å². The minimum atomic E-state index is -0.0541. The molecule has 3 rings (SSSR count). The van der Waals surface area contributed by atoms with Crippen molar-refractivity contribution in [2.45, 2.75) is -0.441 Å². The summed E-state index contributed by atoms with van der Waals surface area (Å²) >= 11 is 7.12. The molecule has 3 aromatic heterocycles. The number of nitrogens with zero attached hydrogens (tertiary/aromatic N) is 4. The van der Waals surface area contributed by atoms with Crippen LogP contribution in [0, 0.1) is 0 Å².